The molecule has 1 aliphatic carbocycles. The van der Waals surface area contributed by atoms with Gasteiger partial charge in [-0.05, 0) is 24.5 Å². The molecule has 0 aromatic carbocycles. The average Bonchev–Trinajstić information content (AvgIpc) is 2.92. The maximum Gasteiger partial charge on any atom is 0.273 e. The Labute approximate surface area is 114 Å². The van der Waals surface area contributed by atoms with E-state index in [9.17, 15) is 4.79 Å². The van der Waals surface area contributed by atoms with Crippen molar-refractivity contribution in [2.24, 2.45) is 5.92 Å². The van der Waals surface area contributed by atoms with Crippen molar-refractivity contribution in [2.75, 3.05) is 26.0 Å². The summed E-state index contributed by atoms with van der Waals surface area (Å²) >= 11 is 0. The summed E-state index contributed by atoms with van der Waals surface area (Å²) in [5.41, 5.74) is 0.381. The van der Waals surface area contributed by atoms with Gasteiger partial charge in [0.1, 0.15) is 5.82 Å². The Morgan fingerprint density at radius 3 is 2.63 bits per heavy atom. The average molecular weight is 262 g/mol. The van der Waals surface area contributed by atoms with E-state index in [1.807, 2.05) is 6.07 Å². The molecule has 5 heteroatoms. The van der Waals surface area contributed by atoms with Gasteiger partial charge in [0.15, 0.2) is 5.69 Å². The number of carbonyl (C=O) groups is 1. The van der Waals surface area contributed by atoms with E-state index < -0.39 is 0 Å². The number of amides is 1. The van der Waals surface area contributed by atoms with Crippen molar-refractivity contribution >= 4 is 11.7 Å². The van der Waals surface area contributed by atoms with Gasteiger partial charge in [-0.2, -0.15) is 0 Å². The molecule has 104 valence electrons. The van der Waals surface area contributed by atoms with Gasteiger partial charge in [-0.25, -0.2) is 0 Å². The minimum absolute atomic E-state index is 0.120. The molecule has 1 aliphatic rings. The standard InChI is InChI=1S/C14H22N4O/c1-18(2)14(19)12-7-8-13(17-16-12)15-10-9-11-5-3-4-6-11/h7-8,11H,3-6,9-10H2,1-2H3,(H,15,17). The lowest BCUT2D eigenvalue weighted by atomic mass is 10.0. The second kappa shape index (κ2) is 6.50. The zero-order valence-electron chi connectivity index (χ0n) is 11.7. The maximum atomic E-state index is 11.6. The highest BCUT2D eigenvalue weighted by Crippen LogP contribution is 2.27. The van der Waals surface area contributed by atoms with Crippen LogP contribution in [0.25, 0.3) is 0 Å². The molecule has 1 fully saturated rings. The fourth-order valence-corrected chi connectivity index (χ4v) is 2.47. The number of hydrogen-bond acceptors (Lipinski definition) is 4. The van der Waals surface area contributed by atoms with Crippen molar-refractivity contribution < 1.29 is 4.79 Å². The van der Waals surface area contributed by atoms with Crippen LogP contribution in [0.1, 0.15) is 42.6 Å². The van der Waals surface area contributed by atoms with Gasteiger partial charge in [0.05, 0.1) is 0 Å². The molecule has 19 heavy (non-hydrogen) atoms. The van der Waals surface area contributed by atoms with E-state index in [0.29, 0.717) is 5.69 Å². The first-order valence-electron chi connectivity index (χ1n) is 6.96. The van der Waals surface area contributed by atoms with Crippen LogP contribution in [0.4, 0.5) is 5.82 Å². The van der Waals surface area contributed by atoms with Gasteiger partial charge < -0.3 is 10.2 Å². The quantitative estimate of drug-likeness (QED) is 0.883. The molecule has 1 saturated carbocycles. The van der Waals surface area contributed by atoms with E-state index in [1.165, 1.54) is 37.0 Å². The molecule has 0 radical (unpaired) electrons. The largest absolute Gasteiger partial charge is 0.369 e. The Hall–Kier alpha value is -1.65. The third-order valence-corrected chi connectivity index (χ3v) is 3.62. The molecule has 1 amide bonds. The molecule has 0 bridgehead atoms. The van der Waals surface area contributed by atoms with Crippen LogP contribution >= 0.6 is 0 Å². The van der Waals surface area contributed by atoms with Gasteiger partial charge in [-0.1, -0.05) is 25.7 Å². The first-order chi connectivity index (χ1) is 9.16. The second-order valence-corrected chi connectivity index (χ2v) is 5.37. The van der Waals surface area contributed by atoms with Crippen molar-refractivity contribution in [3.8, 4) is 0 Å². The molecule has 0 spiro atoms. The Bertz CT molecular complexity index is 410. The fourth-order valence-electron chi connectivity index (χ4n) is 2.47. The minimum Gasteiger partial charge on any atom is -0.369 e. The number of nitrogens with zero attached hydrogens (tertiary/aromatic N) is 3. The van der Waals surface area contributed by atoms with E-state index in [4.69, 9.17) is 0 Å². The van der Waals surface area contributed by atoms with Crippen LogP contribution < -0.4 is 5.32 Å². The predicted octanol–water partition coefficient (Wildman–Crippen LogP) is 2.17. The molecule has 0 saturated heterocycles. The van der Waals surface area contributed by atoms with Crippen LogP contribution in [-0.4, -0.2) is 41.6 Å². The fraction of sp³-hybridized carbons (Fsp3) is 0.643. The van der Waals surface area contributed by atoms with Crippen molar-refractivity contribution in [3.05, 3.63) is 17.8 Å². The van der Waals surface area contributed by atoms with Gasteiger partial charge in [0.25, 0.3) is 5.91 Å². The Balaban J connectivity index is 1.79. The number of aromatic nitrogens is 2. The number of rotatable bonds is 5. The van der Waals surface area contributed by atoms with E-state index in [0.717, 1.165) is 18.3 Å². The van der Waals surface area contributed by atoms with E-state index in [1.54, 1.807) is 20.2 Å². The topological polar surface area (TPSA) is 58.1 Å². The Morgan fingerprint density at radius 1 is 1.32 bits per heavy atom. The molecule has 0 aliphatic heterocycles. The first-order valence-corrected chi connectivity index (χ1v) is 6.96. The van der Waals surface area contributed by atoms with E-state index >= 15 is 0 Å². The summed E-state index contributed by atoms with van der Waals surface area (Å²) in [5, 5.41) is 11.3. The van der Waals surface area contributed by atoms with Gasteiger partial charge in [0, 0.05) is 20.6 Å². The number of nitrogens with one attached hydrogen (secondary N) is 1. The summed E-state index contributed by atoms with van der Waals surface area (Å²) < 4.78 is 0. The second-order valence-electron chi connectivity index (χ2n) is 5.37. The number of anilines is 1. The molecule has 1 heterocycles. The van der Waals surface area contributed by atoms with E-state index in [-0.39, 0.29) is 5.91 Å². The molecule has 0 unspecified atom stereocenters. The highest BCUT2D eigenvalue weighted by Gasteiger charge is 2.14. The van der Waals surface area contributed by atoms with Crippen molar-refractivity contribution in [1.29, 1.82) is 0 Å². The first kappa shape index (κ1) is 13.8. The number of carbonyl (C=O) groups excluding carboxylic acids is 1. The van der Waals surface area contributed by atoms with E-state index in [2.05, 4.69) is 15.5 Å². The van der Waals surface area contributed by atoms with Crippen LogP contribution in [0.15, 0.2) is 12.1 Å². The third-order valence-electron chi connectivity index (χ3n) is 3.62. The van der Waals surface area contributed by atoms with Crippen molar-refractivity contribution in [2.45, 2.75) is 32.1 Å². The molecular weight excluding hydrogens is 240 g/mol. The predicted molar refractivity (Wildman–Crippen MR) is 75.1 cm³/mol. The van der Waals surface area contributed by atoms with Crippen LogP contribution in [-0.2, 0) is 0 Å². The number of hydrogen-bond donors (Lipinski definition) is 1. The molecule has 0 atom stereocenters. The molecule has 1 N–H and O–H groups in total. The van der Waals surface area contributed by atoms with Crippen molar-refractivity contribution in [3.63, 3.8) is 0 Å². The smallest absolute Gasteiger partial charge is 0.273 e. The SMILES string of the molecule is CN(C)C(=O)c1ccc(NCCC2CCCC2)nn1. The zero-order valence-corrected chi connectivity index (χ0v) is 11.7. The van der Waals surface area contributed by atoms with Crippen LogP contribution in [0, 0.1) is 5.92 Å². The molecule has 1 aromatic rings. The van der Waals surface area contributed by atoms with Gasteiger partial charge in [-0.15, -0.1) is 10.2 Å². The molecule has 5 nitrogen and oxygen atoms in total. The van der Waals surface area contributed by atoms with Crippen LogP contribution in [0.3, 0.4) is 0 Å². The third kappa shape index (κ3) is 3.91. The highest BCUT2D eigenvalue weighted by atomic mass is 16.2. The zero-order chi connectivity index (χ0) is 13.7. The summed E-state index contributed by atoms with van der Waals surface area (Å²) in [4.78, 5) is 13.1. The van der Waals surface area contributed by atoms with Crippen molar-refractivity contribution in [1.82, 2.24) is 15.1 Å². The summed E-state index contributed by atoms with van der Waals surface area (Å²) in [6, 6.07) is 3.53. The molecule has 1 aromatic heterocycles. The maximum absolute atomic E-state index is 11.6. The van der Waals surface area contributed by atoms with Crippen LogP contribution in [0.2, 0.25) is 0 Å². The lowest BCUT2D eigenvalue weighted by molar-refractivity contribution is 0.0821. The highest BCUT2D eigenvalue weighted by molar-refractivity contribution is 5.91. The molecular formula is C14H22N4O. The van der Waals surface area contributed by atoms with Crippen LogP contribution in [0.5, 0.6) is 0 Å². The minimum atomic E-state index is -0.120. The Morgan fingerprint density at radius 2 is 2.05 bits per heavy atom. The lowest BCUT2D eigenvalue weighted by Gasteiger charge is -2.11. The van der Waals surface area contributed by atoms with Gasteiger partial charge in [0.2, 0.25) is 0 Å². The lowest BCUT2D eigenvalue weighted by Crippen LogP contribution is -2.23. The molecule has 2 rings (SSSR count). The monoisotopic (exact) mass is 262 g/mol. The van der Waals surface area contributed by atoms with Gasteiger partial charge >= 0.3 is 0 Å². The normalized spacial score (nSPS) is 15.5. The summed E-state index contributed by atoms with van der Waals surface area (Å²) in [5.74, 6) is 1.49. The summed E-state index contributed by atoms with van der Waals surface area (Å²) in [6.07, 6.45) is 6.69. The Kier molecular flexibility index (Phi) is 4.71. The summed E-state index contributed by atoms with van der Waals surface area (Å²) in [6.45, 7) is 0.931. The van der Waals surface area contributed by atoms with Gasteiger partial charge in [-0.3, -0.25) is 4.79 Å². The summed E-state index contributed by atoms with van der Waals surface area (Å²) in [7, 11) is 3.41.